The van der Waals surface area contributed by atoms with E-state index >= 15 is 0 Å². The Hall–Kier alpha value is -1.85. The summed E-state index contributed by atoms with van der Waals surface area (Å²) in [6.45, 7) is 1.62. The maximum atomic E-state index is 12.6. The van der Waals surface area contributed by atoms with E-state index in [9.17, 15) is 26.1 Å². The number of alkyl halides is 3. The predicted molar refractivity (Wildman–Crippen MR) is 90.4 cm³/mol. The molecular weight excluding hydrogens is 422 g/mol. The molecule has 1 aromatic heterocycles. The topological polar surface area (TPSA) is 92.5 Å². The third-order valence-corrected chi connectivity index (χ3v) is 4.69. The summed E-state index contributed by atoms with van der Waals surface area (Å²) in [5.41, 5.74) is 0.0365. The molecule has 0 aliphatic rings. The van der Waals surface area contributed by atoms with Crippen LogP contribution in [0.3, 0.4) is 0 Å². The van der Waals surface area contributed by atoms with Crippen molar-refractivity contribution in [3.63, 3.8) is 0 Å². The van der Waals surface area contributed by atoms with Gasteiger partial charge >= 0.3 is 35.7 Å². The molecule has 0 saturated carbocycles. The number of nitrogens with zero attached hydrogens (tertiary/aromatic N) is 1. The normalized spacial score (nSPS) is 11.8. The second kappa shape index (κ2) is 8.88. The van der Waals surface area contributed by atoms with E-state index in [2.05, 4.69) is 4.98 Å². The Kier molecular flexibility index (Phi) is 7.18. The van der Waals surface area contributed by atoms with E-state index in [4.69, 9.17) is 9.15 Å². The number of benzene rings is 2. The molecule has 0 aliphatic carbocycles. The van der Waals surface area contributed by atoms with Crippen LogP contribution in [0.25, 0.3) is 11.5 Å². The maximum absolute atomic E-state index is 12.6. The molecule has 2 aromatic carbocycles. The standard InChI is InChI=1S/C18H14F3NO5S.Na/c1-11-16(10-26-14-6-8-15(9-7-14)28(23,24)25)22-17(27-11)12-2-4-13(5-3-12)18(19,20)21;/h2-9H,10H2,1H3,(H,23,24,25);/q;+1/p-1. The van der Waals surface area contributed by atoms with Gasteiger partial charge < -0.3 is 13.7 Å². The number of halogens is 3. The van der Waals surface area contributed by atoms with Crippen LogP contribution in [0.1, 0.15) is 17.0 Å². The average Bonchev–Trinajstić information content (AvgIpc) is 3.00. The van der Waals surface area contributed by atoms with Gasteiger partial charge in [0.1, 0.15) is 33.9 Å². The van der Waals surface area contributed by atoms with Crippen molar-refractivity contribution in [1.29, 1.82) is 0 Å². The van der Waals surface area contributed by atoms with E-state index in [1.165, 1.54) is 24.3 Å². The van der Waals surface area contributed by atoms with E-state index in [1.807, 2.05) is 0 Å². The van der Waals surface area contributed by atoms with E-state index in [0.29, 0.717) is 22.8 Å². The fraction of sp³-hybridized carbons (Fsp3) is 0.167. The van der Waals surface area contributed by atoms with Crippen molar-refractivity contribution in [2.75, 3.05) is 0 Å². The van der Waals surface area contributed by atoms with Gasteiger partial charge in [-0.25, -0.2) is 13.4 Å². The second-order valence-electron chi connectivity index (χ2n) is 5.81. The first-order valence-corrected chi connectivity index (χ1v) is 9.27. The minimum atomic E-state index is -4.54. The number of aromatic nitrogens is 1. The summed E-state index contributed by atoms with van der Waals surface area (Å²) < 4.78 is 81.6. The zero-order valence-electron chi connectivity index (χ0n) is 15.4. The molecule has 0 unspecified atom stereocenters. The van der Waals surface area contributed by atoms with Gasteiger partial charge in [0, 0.05) is 5.56 Å². The van der Waals surface area contributed by atoms with Gasteiger partial charge in [-0.2, -0.15) is 13.2 Å². The van der Waals surface area contributed by atoms with E-state index in [1.54, 1.807) is 6.92 Å². The maximum Gasteiger partial charge on any atom is 1.00 e. The molecule has 6 nitrogen and oxygen atoms in total. The number of hydrogen-bond acceptors (Lipinski definition) is 6. The number of aryl methyl sites for hydroxylation is 1. The van der Waals surface area contributed by atoms with Gasteiger partial charge in [-0.1, -0.05) is 0 Å². The third-order valence-electron chi connectivity index (χ3n) is 3.84. The first kappa shape index (κ1) is 23.4. The van der Waals surface area contributed by atoms with Crippen LogP contribution in [0.15, 0.2) is 57.8 Å². The number of rotatable bonds is 5. The zero-order chi connectivity index (χ0) is 20.5. The van der Waals surface area contributed by atoms with E-state index in [-0.39, 0.29) is 47.0 Å². The molecule has 0 radical (unpaired) electrons. The molecule has 3 rings (SSSR count). The summed E-state index contributed by atoms with van der Waals surface area (Å²) in [4.78, 5) is 3.85. The van der Waals surface area contributed by atoms with Gasteiger partial charge in [-0.05, 0) is 55.5 Å². The molecule has 0 fully saturated rings. The van der Waals surface area contributed by atoms with Crippen LogP contribution in [0, 0.1) is 6.92 Å². The van der Waals surface area contributed by atoms with Gasteiger partial charge in [-0.3, -0.25) is 0 Å². The van der Waals surface area contributed by atoms with Gasteiger partial charge in [0.15, 0.2) is 0 Å². The van der Waals surface area contributed by atoms with Crippen molar-refractivity contribution in [3.05, 3.63) is 65.5 Å². The predicted octanol–water partition coefficient (Wildman–Crippen LogP) is 1.16. The number of hydrogen-bond donors (Lipinski definition) is 0. The summed E-state index contributed by atoms with van der Waals surface area (Å²) in [7, 11) is -4.54. The minimum absolute atomic E-state index is 0. The van der Waals surface area contributed by atoms with Crippen molar-refractivity contribution < 1.29 is 64.9 Å². The van der Waals surface area contributed by atoms with Crippen LogP contribution in [0.5, 0.6) is 5.75 Å². The fourth-order valence-corrected chi connectivity index (χ4v) is 2.81. The van der Waals surface area contributed by atoms with E-state index in [0.717, 1.165) is 24.3 Å². The summed E-state index contributed by atoms with van der Waals surface area (Å²) in [6, 6.07) is 9.32. The fourth-order valence-electron chi connectivity index (χ4n) is 2.34. The molecule has 0 saturated heterocycles. The Bertz CT molecular complexity index is 1080. The molecule has 0 amide bonds. The molecule has 3 aromatic rings. The van der Waals surface area contributed by atoms with Crippen molar-refractivity contribution in [1.82, 2.24) is 4.98 Å². The zero-order valence-corrected chi connectivity index (χ0v) is 18.2. The van der Waals surface area contributed by atoms with Crippen LogP contribution in [0.2, 0.25) is 0 Å². The van der Waals surface area contributed by atoms with Gasteiger partial charge in [0.05, 0.1) is 10.5 Å². The minimum Gasteiger partial charge on any atom is -0.744 e. The van der Waals surface area contributed by atoms with E-state index < -0.39 is 21.9 Å². The SMILES string of the molecule is Cc1oc(-c2ccc(C(F)(F)F)cc2)nc1COc1ccc(S(=O)(=O)[O-])cc1.[Na+]. The summed E-state index contributed by atoms with van der Waals surface area (Å²) in [6.07, 6.45) is -4.43. The molecule has 0 N–H and O–H groups in total. The first-order valence-electron chi connectivity index (χ1n) is 7.87. The number of ether oxygens (including phenoxy) is 1. The summed E-state index contributed by atoms with van der Waals surface area (Å²) in [5, 5.41) is 0. The Morgan fingerprint density at radius 1 is 1.07 bits per heavy atom. The Balaban J connectivity index is 0.00000300. The Labute approximate surface area is 186 Å². The molecule has 11 heteroatoms. The van der Waals surface area contributed by atoms with Crippen LogP contribution in [0.4, 0.5) is 13.2 Å². The number of oxazole rings is 1. The van der Waals surface area contributed by atoms with Crippen molar-refractivity contribution in [2.45, 2.75) is 24.6 Å². The molecule has 148 valence electrons. The molecule has 0 spiro atoms. The van der Waals surface area contributed by atoms with Gasteiger partial charge in [0.25, 0.3) is 0 Å². The summed E-state index contributed by atoms with van der Waals surface area (Å²) in [5.74, 6) is 0.886. The first-order chi connectivity index (χ1) is 13.0. The van der Waals surface area contributed by atoms with Crippen LogP contribution >= 0.6 is 0 Å². The molecule has 0 aliphatic heterocycles. The van der Waals surface area contributed by atoms with Gasteiger partial charge in [0.2, 0.25) is 5.89 Å². The Morgan fingerprint density at radius 3 is 2.17 bits per heavy atom. The largest absolute Gasteiger partial charge is 1.00 e. The molecule has 29 heavy (non-hydrogen) atoms. The van der Waals surface area contributed by atoms with Crippen molar-refractivity contribution >= 4 is 10.1 Å². The quantitative estimate of drug-likeness (QED) is 0.441. The van der Waals surface area contributed by atoms with Crippen molar-refractivity contribution in [3.8, 4) is 17.2 Å². The average molecular weight is 435 g/mol. The van der Waals surface area contributed by atoms with Crippen LogP contribution in [-0.2, 0) is 22.9 Å². The monoisotopic (exact) mass is 435 g/mol. The summed E-state index contributed by atoms with van der Waals surface area (Å²) >= 11 is 0. The van der Waals surface area contributed by atoms with Gasteiger partial charge in [-0.15, -0.1) is 0 Å². The van der Waals surface area contributed by atoms with Crippen molar-refractivity contribution in [2.24, 2.45) is 0 Å². The Morgan fingerprint density at radius 2 is 1.66 bits per heavy atom. The third kappa shape index (κ3) is 5.83. The molecule has 0 atom stereocenters. The van der Waals surface area contributed by atoms with Crippen LogP contribution in [-0.4, -0.2) is 18.0 Å². The van der Waals surface area contributed by atoms with Crippen LogP contribution < -0.4 is 34.3 Å². The molecule has 0 bridgehead atoms. The molecular formula is C18H13F3NNaO5S. The second-order valence-corrected chi connectivity index (χ2v) is 7.19. The molecule has 1 heterocycles. The smallest absolute Gasteiger partial charge is 0.744 e.